The van der Waals surface area contributed by atoms with Crippen LogP contribution in [0.1, 0.15) is 15.9 Å². The van der Waals surface area contributed by atoms with Crippen molar-refractivity contribution >= 4 is 39.2 Å². The second kappa shape index (κ2) is 6.08. The van der Waals surface area contributed by atoms with E-state index in [-0.39, 0.29) is 10.6 Å². The summed E-state index contributed by atoms with van der Waals surface area (Å²) in [5.74, 6) is -1.03. The summed E-state index contributed by atoms with van der Waals surface area (Å²) in [7, 11) is 0. The van der Waals surface area contributed by atoms with Gasteiger partial charge in [0.05, 0.1) is 10.6 Å². The second-order valence-electron chi connectivity index (χ2n) is 3.94. The molecule has 0 amide bonds. The monoisotopic (exact) mass is 339 g/mol. The second-order valence-corrected chi connectivity index (χ2v) is 5.21. The Hall–Kier alpha value is -1.52. The van der Waals surface area contributed by atoms with Crippen LogP contribution in [0, 0.1) is 0 Å². The van der Waals surface area contributed by atoms with Crippen molar-refractivity contribution in [1.82, 2.24) is 0 Å². The first-order valence-electron chi connectivity index (χ1n) is 5.58. The normalized spacial score (nSPS) is 10.2. The van der Waals surface area contributed by atoms with Crippen LogP contribution in [0.2, 0.25) is 5.02 Å². The Balaban J connectivity index is 2.11. The lowest BCUT2D eigenvalue weighted by molar-refractivity contribution is 0.0697. The Kier molecular flexibility index (Phi) is 4.45. The van der Waals surface area contributed by atoms with E-state index in [4.69, 9.17) is 16.7 Å². The molecule has 0 unspecified atom stereocenters. The van der Waals surface area contributed by atoms with Gasteiger partial charge in [-0.3, -0.25) is 0 Å². The van der Waals surface area contributed by atoms with Gasteiger partial charge in [-0.1, -0.05) is 45.7 Å². The van der Waals surface area contributed by atoms with Crippen molar-refractivity contribution in [3.05, 3.63) is 63.1 Å². The van der Waals surface area contributed by atoms with Crippen LogP contribution in [-0.4, -0.2) is 11.1 Å². The van der Waals surface area contributed by atoms with Crippen LogP contribution in [0.4, 0.5) is 5.69 Å². The average Bonchev–Trinajstić information content (AvgIpc) is 2.37. The van der Waals surface area contributed by atoms with Gasteiger partial charge in [0.2, 0.25) is 0 Å². The highest BCUT2D eigenvalue weighted by Gasteiger charge is 2.08. The lowest BCUT2D eigenvalue weighted by Gasteiger charge is -2.09. The van der Waals surface area contributed by atoms with E-state index in [2.05, 4.69) is 21.2 Å². The molecular formula is C14H11BrClNO2. The Labute approximate surface area is 124 Å². The first-order chi connectivity index (χ1) is 9.08. The molecule has 2 N–H and O–H groups in total. The molecule has 0 saturated carbocycles. The van der Waals surface area contributed by atoms with Crippen LogP contribution in [0.5, 0.6) is 0 Å². The summed E-state index contributed by atoms with van der Waals surface area (Å²) in [5.41, 5.74) is 2.00. The molecule has 3 nitrogen and oxygen atoms in total. The van der Waals surface area contributed by atoms with E-state index in [1.165, 1.54) is 6.07 Å². The average molecular weight is 341 g/mol. The number of hydrogen-bond acceptors (Lipinski definition) is 2. The lowest BCUT2D eigenvalue weighted by atomic mass is 10.2. The van der Waals surface area contributed by atoms with Gasteiger partial charge in [0.25, 0.3) is 0 Å². The number of nitrogens with one attached hydrogen (secondary N) is 1. The number of carboxylic acids is 1. The third-order valence-electron chi connectivity index (χ3n) is 2.64. The molecule has 2 rings (SSSR count). The molecule has 0 aliphatic heterocycles. The van der Waals surface area contributed by atoms with E-state index in [1.54, 1.807) is 12.1 Å². The van der Waals surface area contributed by atoms with E-state index in [1.807, 2.05) is 24.3 Å². The summed E-state index contributed by atoms with van der Waals surface area (Å²) in [5, 5.41) is 12.3. The molecular weight excluding hydrogens is 330 g/mol. The minimum Gasteiger partial charge on any atom is -0.478 e. The fourth-order valence-electron chi connectivity index (χ4n) is 1.64. The maximum absolute atomic E-state index is 10.8. The molecule has 0 aliphatic rings. The van der Waals surface area contributed by atoms with Crippen LogP contribution in [0.3, 0.4) is 0 Å². The van der Waals surface area contributed by atoms with Crippen molar-refractivity contribution in [2.75, 3.05) is 5.32 Å². The van der Waals surface area contributed by atoms with Gasteiger partial charge in [-0.25, -0.2) is 4.79 Å². The smallest absolute Gasteiger partial charge is 0.337 e. The molecule has 19 heavy (non-hydrogen) atoms. The van der Waals surface area contributed by atoms with E-state index in [0.29, 0.717) is 6.54 Å². The Bertz CT molecular complexity index is 616. The van der Waals surface area contributed by atoms with Crippen LogP contribution in [0.25, 0.3) is 0 Å². The van der Waals surface area contributed by atoms with Crippen molar-refractivity contribution in [2.45, 2.75) is 6.54 Å². The van der Waals surface area contributed by atoms with E-state index < -0.39 is 5.97 Å². The summed E-state index contributed by atoms with van der Waals surface area (Å²) in [6.45, 7) is 0.629. The molecule has 0 saturated heterocycles. The number of anilines is 1. The van der Waals surface area contributed by atoms with Gasteiger partial charge in [0.15, 0.2) is 0 Å². The summed E-state index contributed by atoms with van der Waals surface area (Å²) >= 11 is 9.38. The van der Waals surface area contributed by atoms with Crippen molar-refractivity contribution in [1.29, 1.82) is 0 Å². The molecule has 0 atom stereocenters. The predicted octanol–water partition coefficient (Wildman–Crippen LogP) is 4.41. The van der Waals surface area contributed by atoms with E-state index in [9.17, 15) is 4.79 Å². The molecule has 2 aromatic carbocycles. The molecule has 0 aromatic heterocycles. The number of rotatable bonds is 4. The molecule has 0 radical (unpaired) electrons. The van der Waals surface area contributed by atoms with Gasteiger partial charge >= 0.3 is 5.97 Å². The Morgan fingerprint density at radius 2 is 2.00 bits per heavy atom. The minimum atomic E-state index is -1.03. The van der Waals surface area contributed by atoms with Gasteiger partial charge in [-0.15, -0.1) is 0 Å². The standard InChI is InChI=1S/C14H11BrClNO2/c15-12-4-2-1-3-9(12)8-17-10-5-6-11(14(18)19)13(16)7-10/h1-7,17H,8H2,(H,18,19). The van der Waals surface area contributed by atoms with Gasteiger partial charge in [0.1, 0.15) is 0 Å². The fraction of sp³-hybridized carbons (Fsp3) is 0.0714. The van der Waals surface area contributed by atoms with Gasteiger partial charge in [-0.05, 0) is 29.8 Å². The zero-order chi connectivity index (χ0) is 13.8. The molecule has 0 aliphatic carbocycles. The number of hydrogen-bond donors (Lipinski definition) is 2. The highest BCUT2D eigenvalue weighted by molar-refractivity contribution is 9.10. The lowest BCUT2D eigenvalue weighted by Crippen LogP contribution is -2.02. The number of carbonyl (C=O) groups is 1. The largest absolute Gasteiger partial charge is 0.478 e. The summed E-state index contributed by atoms with van der Waals surface area (Å²) in [6, 6.07) is 12.7. The minimum absolute atomic E-state index is 0.105. The van der Waals surface area contributed by atoms with Crippen LogP contribution in [-0.2, 0) is 6.54 Å². The van der Waals surface area contributed by atoms with Crippen molar-refractivity contribution in [3.63, 3.8) is 0 Å². The van der Waals surface area contributed by atoms with Gasteiger partial charge in [0, 0.05) is 16.7 Å². The van der Waals surface area contributed by atoms with E-state index in [0.717, 1.165) is 15.7 Å². The first-order valence-corrected chi connectivity index (χ1v) is 6.75. The maximum Gasteiger partial charge on any atom is 0.337 e. The van der Waals surface area contributed by atoms with Crippen molar-refractivity contribution < 1.29 is 9.90 Å². The molecule has 0 heterocycles. The SMILES string of the molecule is O=C(O)c1ccc(NCc2ccccc2Br)cc1Cl. The number of benzene rings is 2. The highest BCUT2D eigenvalue weighted by atomic mass is 79.9. The van der Waals surface area contributed by atoms with Crippen LogP contribution in [0.15, 0.2) is 46.9 Å². The zero-order valence-electron chi connectivity index (χ0n) is 9.86. The zero-order valence-corrected chi connectivity index (χ0v) is 12.2. The molecule has 5 heteroatoms. The van der Waals surface area contributed by atoms with Crippen LogP contribution >= 0.6 is 27.5 Å². The highest BCUT2D eigenvalue weighted by Crippen LogP contribution is 2.22. The number of carboxylic acid groups (broad SMARTS) is 1. The quantitative estimate of drug-likeness (QED) is 0.866. The predicted molar refractivity (Wildman–Crippen MR) is 79.9 cm³/mol. The van der Waals surface area contributed by atoms with Gasteiger partial charge in [-0.2, -0.15) is 0 Å². The molecule has 98 valence electrons. The topological polar surface area (TPSA) is 49.3 Å². The first kappa shape index (κ1) is 13.9. The van der Waals surface area contributed by atoms with Crippen LogP contribution < -0.4 is 5.32 Å². The van der Waals surface area contributed by atoms with Crippen molar-refractivity contribution in [3.8, 4) is 0 Å². The van der Waals surface area contributed by atoms with Gasteiger partial charge < -0.3 is 10.4 Å². The fourth-order valence-corrected chi connectivity index (χ4v) is 2.32. The molecule has 0 fully saturated rings. The maximum atomic E-state index is 10.8. The number of aromatic carboxylic acids is 1. The Morgan fingerprint density at radius 1 is 1.26 bits per heavy atom. The summed E-state index contributed by atoms with van der Waals surface area (Å²) < 4.78 is 1.02. The molecule has 2 aromatic rings. The summed E-state index contributed by atoms with van der Waals surface area (Å²) in [4.78, 5) is 10.8. The summed E-state index contributed by atoms with van der Waals surface area (Å²) in [6.07, 6.45) is 0. The Morgan fingerprint density at radius 3 is 2.63 bits per heavy atom. The molecule has 0 spiro atoms. The third kappa shape index (κ3) is 3.49. The number of halogens is 2. The van der Waals surface area contributed by atoms with Crippen molar-refractivity contribution in [2.24, 2.45) is 0 Å². The third-order valence-corrected chi connectivity index (χ3v) is 3.73. The molecule has 0 bridgehead atoms. The van der Waals surface area contributed by atoms with E-state index >= 15 is 0 Å².